The van der Waals surface area contributed by atoms with Gasteiger partial charge in [0, 0.05) is 31.8 Å². The van der Waals surface area contributed by atoms with Crippen molar-refractivity contribution in [2.45, 2.75) is 59.5 Å². The topological polar surface area (TPSA) is 106 Å². The molecular formula is C17H29N5O3. The van der Waals surface area contributed by atoms with E-state index in [0.29, 0.717) is 18.9 Å². The third kappa shape index (κ3) is 5.97. The predicted octanol–water partition coefficient (Wildman–Crippen LogP) is 2.39. The van der Waals surface area contributed by atoms with Crippen molar-refractivity contribution in [3.63, 3.8) is 0 Å². The lowest BCUT2D eigenvalue weighted by Gasteiger charge is -2.11. The Morgan fingerprint density at radius 3 is 2.56 bits per heavy atom. The van der Waals surface area contributed by atoms with Gasteiger partial charge in [-0.3, -0.25) is 9.48 Å². The number of aliphatic hydroxyl groups is 1. The van der Waals surface area contributed by atoms with Gasteiger partial charge in [-0.2, -0.15) is 10.2 Å². The lowest BCUT2D eigenvalue weighted by molar-refractivity contribution is -0.122. The molecule has 8 heteroatoms. The van der Waals surface area contributed by atoms with E-state index in [4.69, 9.17) is 20.0 Å². The number of aliphatic hydroxyl groups excluding tert-OH is 1. The van der Waals surface area contributed by atoms with Gasteiger partial charge in [-0.25, -0.2) is 9.67 Å². The first kappa shape index (κ1) is 20.8. The Bertz CT molecular complexity index is 636. The molecule has 8 nitrogen and oxygen atoms in total. The van der Waals surface area contributed by atoms with Gasteiger partial charge in [0.2, 0.25) is 0 Å². The first-order chi connectivity index (χ1) is 12.0. The highest BCUT2D eigenvalue weighted by atomic mass is 16.3. The van der Waals surface area contributed by atoms with Crippen LogP contribution in [0.15, 0.2) is 12.3 Å². The largest absolute Gasteiger partial charge is 0.483 e. The molecule has 1 unspecified atom stereocenters. The molecule has 0 aliphatic rings. The van der Waals surface area contributed by atoms with E-state index < -0.39 is 0 Å². The Balaban J connectivity index is 0.000000970. The van der Waals surface area contributed by atoms with Crippen molar-refractivity contribution in [3.05, 3.63) is 18.1 Å². The Labute approximate surface area is 148 Å². The van der Waals surface area contributed by atoms with E-state index in [1.54, 1.807) is 6.20 Å². The summed E-state index contributed by atoms with van der Waals surface area (Å²) in [5, 5.41) is 25.0. The maximum atomic E-state index is 9.10. The highest BCUT2D eigenvalue weighted by Crippen LogP contribution is 2.22. The molecule has 0 saturated carbocycles. The van der Waals surface area contributed by atoms with Crippen molar-refractivity contribution >= 4 is 6.47 Å². The van der Waals surface area contributed by atoms with Crippen LogP contribution in [0.3, 0.4) is 0 Å². The Morgan fingerprint density at radius 2 is 2.00 bits per heavy atom. The zero-order valence-corrected chi connectivity index (χ0v) is 15.5. The molecule has 1 atom stereocenters. The van der Waals surface area contributed by atoms with Crippen LogP contribution in [0, 0.1) is 5.92 Å². The quantitative estimate of drug-likeness (QED) is 0.707. The number of aryl methyl sites for hydroxylation is 1. The lowest BCUT2D eigenvalue weighted by atomic mass is 10.1. The summed E-state index contributed by atoms with van der Waals surface area (Å²) in [6.07, 6.45) is 4.47. The van der Waals surface area contributed by atoms with Crippen molar-refractivity contribution in [3.8, 4) is 11.5 Å². The molecule has 0 amide bonds. The van der Waals surface area contributed by atoms with Crippen LogP contribution in [0.4, 0.5) is 0 Å². The van der Waals surface area contributed by atoms with Gasteiger partial charge >= 0.3 is 0 Å². The SMILES string of the molecule is CCC(C)Cc1nc(-c2ccnn2C(C)C)n(CCCO)n1.O=CO. The van der Waals surface area contributed by atoms with Crippen LogP contribution in [0.1, 0.15) is 52.4 Å². The molecule has 2 rings (SSSR count). The first-order valence-electron chi connectivity index (χ1n) is 8.64. The van der Waals surface area contributed by atoms with Crippen LogP contribution >= 0.6 is 0 Å². The van der Waals surface area contributed by atoms with Crippen LogP contribution in [-0.4, -0.2) is 47.8 Å². The van der Waals surface area contributed by atoms with Crippen LogP contribution in [0.25, 0.3) is 11.5 Å². The van der Waals surface area contributed by atoms with Gasteiger partial charge in [0.15, 0.2) is 11.6 Å². The summed E-state index contributed by atoms with van der Waals surface area (Å²) < 4.78 is 3.87. The van der Waals surface area contributed by atoms with Gasteiger partial charge in [0.25, 0.3) is 6.47 Å². The summed E-state index contributed by atoms with van der Waals surface area (Å²) in [6.45, 7) is 9.18. The summed E-state index contributed by atoms with van der Waals surface area (Å²) in [5.74, 6) is 2.29. The highest BCUT2D eigenvalue weighted by molar-refractivity contribution is 5.49. The van der Waals surface area contributed by atoms with Crippen LogP contribution in [0.2, 0.25) is 0 Å². The Morgan fingerprint density at radius 1 is 1.32 bits per heavy atom. The molecule has 0 bridgehead atoms. The van der Waals surface area contributed by atoms with E-state index in [2.05, 4.69) is 37.9 Å². The fourth-order valence-electron chi connectivity index (χ4n) is 2.40. The number of carbonyl (C=O) groups is 1. The van der Waals surface area contributed by atoms with E-state index in [1.165, 1.54) is 0 Å². The van der Waals surface area contributed by atoms with E-state index in [0.717, 1.165) is 30.2 Å². The summed E-state index contributed by atoms with van der Waals surface area (Å²) in [5.41, 5.74) is 0.982. The zero-order valence-electron chi connectivity index (χ0n) is 15.5. The van der Waals surface area contributed by atoms with Crippen molar-refractivity contribution < 1.29 is 15.0 Å². The molecule has 0 fully saturated rings. The predicted molar refractivity (Wildman–Crippen MR) is 95.2 cm³/mol. The molecule has 0 spiro atoms. The maximum Gasteiger partial charge on any atom is 0.290 e. The second-order valence-corrected chi connectivity index (χ2v) is 6.23. The molecule has 0 aromatic carbocycles. The number of aromatic nitrogens is 5. The lowest BCUT2D eigenvalue weighted by Crippen LogP contribution is -2.10. The number of rotatable bonds is 8. The fraction of sp³-hybridized carbons (Fsp3) is 0.647. The van der Waals surface area contributed by atoms with Gasteiger partial charge in [-0.05, 0) is 32.3 Å². The Kier molecular flexibility index (Phi) is 8.83. The van der Waals surface area contributed by atoms with E-state index in [1.807, 2.05) is 15.4 Å². The molecule has 25 heavy (non-hydrogen) atoms. The summed E-state index contributed by atoms with van der Waals surface area (Å²) >= 11 is 0. The first-order valence-corrected chi connectivity index (χ1v) is 8.64. The van der Waals surface area contributed by atoms with Gasteiger partial charge in [0.05, 0.1) is 0 Å². The van der Waals surface area contributed by atoms with Crippen LogP contribution in [-0.2, 0) is 17.8 Å². The zero-order chi connectivity index (χ0) is 18.8. The van der Waals surface area contributed by atoms with Gasteiger partial charge in [-0.15, -0.1) is 0 Å². The van der Waals surface area contributed by atoms with Crippen molar-refractivity contribution in [2.24, 2.45) is 5.92 Å². The van der Waals surface area contributed by atoms with Crippen molar-refractivity contribution in [1.82, 2.24) is 24.5 Å². The minimum Gasteiger partial charge on any atom is -0.483 e. The van der Waals surface area contributed by atoms with Gasteiger partial charge in [0.1, 0.15) is 5.69 Å². The molecule has 0 aliphatic heterocycles. The molecule has 2 heterocycles. The van der Waals surface area contributed by atoms with Gasteiger partial charge < -0.3 is 10.2 Å². The van der Waals surface area contributed by atoms with Crippen LogP contribution in [0.5, 0.6) is 0 Å². The molecule has 0 radical (unpaired) electrons. The number of hydrogen-bond acceptors (Lipinski definition) is 5. The van der Waals surface area contributed by atoms with E-state index >= 15 is 0 Å². The average molecular weight is 351 g/mol. The summed E-state index contributed by atoms with van der Waals surface area (Å²) in [4.78, 5) is 13.1. The smallest absolute Gasteiger partial charge is 0.290 e. The Hall–Kier alpha value is -2.22. The molecule has 140 valence electrons. The molecule has 2 aromatic heterocycles. The second-order valence-electron chi connectivity index (χ2n) is 6.23. The third-order valence-electron chi connectivity index (χ3n) is 3.86. The molecule has 2 N–H and O–H groups in total. The number of hydrogen-bond donors (Lipinski definition) is 2. The normalized spacial score (nSPS) is 11.9. The highest BCUT2D eigenvalue weighted by Gasteiger charge is 2.18. The molecular weight excluding hydrogens is 322 g/mol. The number of carboxylic acid groups (broad SMARTS) is 1. The third-order valence-corrected chi connectivity index (χ3v) is 3.86. The molecule has 0 aliphatic carbocycles. The summed E-state index contributed by atoms with van der Waals surface area (Å²) in [6, 6.07) is 2.25. The van der Waals surface area contributed by atoms with E-state index in [-0.39, 0.29) is 19.1 Å². The van der Waals surface area contributed by atoms with Crippen molar-refractivity contribution in [2.75, 3.05) is 6.61 Å². The monoisotopic (exact) mass is 351 g/mol. The van der Waals surface area contributed by atoms with E-state index in [9.17, 15) is 0 Å². The minimum absolute atomic E-state index is 0.156. The minimum atomic E-state index is -0.250. The fourth-order valence-corrected chi connectivity index (χ4v) is 2.40. The number of nitrogens with zero attached hydrogens (tertiary/aromatic N) is 5. The molecule has 0 saturated heterocycles. The van der Waals surface area contributed by atoms with Crippen molar-refractivity contribution in [1.29, 1.82) is 0 Å². The standard InChI is InChI=1S/C16H27N5O.CH2O2/c1-5-13(4)11-15-18-16(20(19-15)9-6-10-22)14-7-8-17-21(14)12(2)3;2-1-3/h7-8,12-13,22H,5-6,9-11H2,1-4H3;1H,(H,2,3). The maximum absolute atomic E-state index is 9.10. The second kappa shape index (κ2) is 10.6. The molecule has 2 aromatic rings. The van der Waals surface area contributed by atoms with Gasteiger partial charge in [-0.1, -0.05) is 20.3 Å². The van der Waals surface area contributed by atoms with Crippen LogP contribution < -0.4 is 0 Å². The summed E-state index contributed by atoms with van der Waals surface area (Å²) in [7, 11) is 0. The average Bonchev–Trinajstić information content (AvgIpc) is 3.19.